The SMILES string of the molecule is O=C(CCC(=O)N1C[C@H]2C[C@@H](C1)c1cccc(=O)n1C2)NCCC[NH+]1CCOCC1. The molecule has 2 N–H and O–H groups in total. The molecule has 2 fully saturated rings. The average molecular weight is 418 g/mol. The van der Waals surface area contributed by atoms with Crippen molar-refractivity contribution in [2.75, 3.05) is 52.5 Å². The van der Waals surface area contributed by atoms with Gasteiger partial charge < -0.3 is 24.4 Å². The lowest BCUT2D eigenvalue weighted by Crippen LogP contribution is -3.14. The third-order valence-corrected chi connectivity index (χ3v) is 6.63. The van der Waals surface area contributed by atoms with Crippen molar-refractivity contribution in [2.24, 2.45) is 5.92 Å². The van der Waals surface area contributed by atoms with Crippen LogP contribution in [0, 0.1) is 5.92 Å². The third-order valence-electron chi connectivity index (χ3n) is 6.63. The summed E-state index contributed by atoms with van der Waals surface area (Å²) < 4.78 is 7.22. The Labute approximate surface area is 177 Å². The maximum absolute atomic E-state index is 12.7. The van der Waals surface area contributed by atoms with Crippen molar-refractivity contribution >= 4 is 11.8 Å². The van der Waals surface area contributed by atoms with Crippen LogP contribution in [-0.4, -0.2) is 73.8 Å². The minimum absolute atomic E-state index is 0.0457. The molecule has 0 unspecified atom stereocenters. The van der Waals surface area contributed by atoms with Crippen molar-refractivity contribution in [3.63, 3.8) is 0 Å². The second-order valence-electron chi connectivity index (χ2n) is 8.81. The van der Waals surface area contributed by atoms with E-state index in [1.54, 1.807) is 12.1 Å². The first kappa shape index (κ1) is 21.1. The molecule has 164 valence electrons. The number of amides is 2. The highest BCUT2D eigenvalue weighted by Gasteiger charge is 2.36. The fourth-order valence-corrected chi connectivity index (χ4v) is 5.04. The van der Waals surface area contributed by atoms with Gasteiger partial charge >= 0.3 is 0 Å². The first-order valence-corrected chi connectivity index (χ1v) is 11.3. The van der Waals surface area contributed by atoms with Gasteiger partial charge in [-0.2, -0.15) is 0 Å². The van der Waals surface area contributed by atoms with Crippen molar-refractivity contribution in [1.29, 1.82) is 0 Å². The molecule has 3 aliphatic rings. The van der Waals surface area contributed by atoms with Gasteiger partial charge in [-0.1, -0.05) is 6.07 Å². The van der Waals surface area contributed by atoms with Gasteiger partial charge in [-0.25, -0.2) is 0 Å². The summed E-state index contributed by atoms with van der Waals surface area (Å²) in [4.78, 5) is 40.4. The van der Waals surface area contributed by atoms with E-state index in [-0.39, 0.29) is 36.1 Å². The van der Waals surface area contributed by atoms with Crippen molar-refractivity contribution in [3.8, 4) is 0 Å². The highest BCUT2D eigenvalue weighted by Crippen LogP contribution is 2.35. The molecule has 0 saturated carbocycles. The topological polar surface area (TPSA) is 85.1 Å². The number of carbonyl (C=O) groups is 2. The zero-order chi connectivity index (χ0) is 20.9. The molecule has 8 heteroatoms. The van der Waals surface area contributed by atoms with Gasteiger partial charge in [0.2, 0.25) is 11.8 Å². The van der Waals surface area contributed by atoms with Gasteiger partial charge in [-0.15, -0.1) is 0 Å². The van der Waals surface area contributed by atoms with Gasteiger partial charge in [-0.3, -0.25) is 14.4 Å². The number of likely N-dealkylation sites (tertiary alicyclic amines) is 1. The molecule has 1 aromatic rings. The molecule has 0 radical (unpaired) electrons. The smallest absolute Gasteiger partial charge is 0.250 e. The Morgan fingerprint density at radius 1 is 1.13 bits per heavy atom. The van der Waals surface area contributed by atoms with E-state index in [0.29, 0.717) is 32.1 Å². The lowest BCUT2D eigenvalue weighted by atomic mass is 9.83. The molecular weight excluding hydrogens is 384 g/mol. The number of rotatable bonds is 7. The molecule has 0 aromatic carbocycles. The van der Waals surface area contributed by atoms with Crippen LogP contribution in [0.5, 0.6) is 0 Å². The van der Waals surface area contributed by atoms with Gasteiger partial charge in [0.25, 0.3) is 5.56 Å². The van der Waals surface area contributed by atoms with E-state index in [4.69, 9.17) is 4.74 Å². The van der Waals surface area contributed by atoms with Crippen LogP contribution in [0.4, 0.5) is 0 Å². The number of nitrogens with one attached hydrogen (secondary N) is 2. The molecule has 0 aliphatic carbocycles. The number of morpholine rings is 1. The maximum Gasteiger partial charge on any atom is 0.250 e. The predicted molar refractivity (Wildman–Crippen MR) is 111 cm³/mol. The second-order valence-corrected chi connectivity index (χ2v) is 8.81. The second kappa shape index (κ2) is 9.75. The molecule has 2 bridgehead atoms. The predicted octanol–water partition coefficient (Wildman–Crippen LogP) is -1.00. The van der Waals surface area contributed by atoms with Crippen LogP contribution in [0.15, 0.2) is 23.0 Å². The molecule has 1 aromatic heterocycles. The van der Waals surface area contributed by atoms with Crippen molar-refractivity contribution in [2.45, 2.75) is 38.1 Å². The zero-order valence-electron chi connectivity index (χ0n) is 17.6. The third kappa shape index (κ3) is 5.10. The summed E-state index contributed by atoms with van der Waals surface area (Å²) in [5.41, 5.74) is 1.09. The summed E-state index contributed by atoms with van der Waals surface area (Å²) in [5.74, 6) is 0.530. The average Bonchev–Trinajstić information content (AvgIpc) is 2.76. The van der Waals surface area contributed by atoms with Crippen molar-refractivity contribution in [1.82, 2.24) is 14.8 Å². The van der Waals surface area contributed by atoms with Crippen LogP contribution in [-0.2, 0) is 20.9 Å². The summed E-state index contributed by atoms with van der Waals surface area (Å²) in [5, 5.41) is 2.95. The summed E-state index contributed by atoms with van der Waals surface area (Å²) in [6.45, 7) is 7.44. The van der Waals surface area contributed by atoms with E-state index in [2.05, 4.69) is 5.32 Å². The van der Waals surface area contributed by atoms with Crippen LogP contribution in [0.25, 0.3) is 0 Å². The molecular formula is C22H33N4O4+. The standard InChI is InChI=1S/C22H32N4O4/c27-20(23-7-2-8-24-9-11-30-12-10-24)5-6-21(28)25-14-17-13-18(16-25)19-3-1-4-22(29)26(19)15-17/h1,3-4,17-18H,2,5-16H2,(H,23,27)/p+1/t17-,18+/m1/s1. The number of carbonyl (C=O) groups excluding carboxylic acids is 2. The number of hydrogen-bond donors (Lipinski definition) is 2. The molecule has 2 saturated heterocycles. The minimum Gasteiger partial charge on any atom is -0.370 e. The molecule has 30 heavy (non-hydrogen) atoms. The molecule has 3 aliphatic heterocycles. The Bertz CT molecular complexity index is 818. The van der Waals surface area contributed by atoms with Crippen LogP contribution < -0.4 is 15.8 Å². The Balaban J connectivity index is 1.18. The van der Waals surface area contributed by atoms with Gasteiger partial charge in [0, 0.05) is 63.1 Å². The summed E-state index contributed by atoms with van der Waals surface area (Å²) in [6, 6.07) is 5.41. The molecule has 8 nitrogen and oxygen atoms in total. The zero-order valence-corrected chi connectivity index (χ0v) is 17.6. The van der Waals surface area contributed by atoms with Gasteiger partial charge in [0.1, 0.15) is 13.1 Å². The van der Waals surface area contributed by atoms with Gasteiger partial charge in [0.15, 0.2) is 0 Å². The summed E-state index contributed by atoms with van der Waals surface area (Å²) >= 11 is 0. The van der Waals surface area contributed by atoms with Crippen LogP contribution >= 0.6 is 0 Å². The summed E-state index contributed by atoms with van der Waals surface area (Å²) in [7, 11) is 0. The fourth-order valence-electron chi connectivity index (χ4n) is 5.04. The molecule has 2 amide bonds. The highest BCUT2D eigenvalue weighted by molar-refractivity contribution is 5.83. The van der Waals surface area contributed by atoms with E-state index < -0.39 is 0 Å². The number of ether oxygens (including phenoxy) is 1. The van der Waals surface area contributed by atoms with E-state index in [1.807, 2.05) is 15.5 Å². The normalized spacial score (nSPS) is 23.7. The molecule has 4 rings (SSSR count). The number of aromatic nitrogens is 1. The number of piperidine rings is 1. The van der Waals surface area contributed by atoms with Crippen LogP contribution in [0.2, 0.25) is 0 Å². The number of pyridine rings is 1. The van der Waals surface area contributed by atoms with E-state index >= 15 is 0 Å². The quantitative estimate of drug-likeness (QED) is 0.557. The number of fused-ring (bicyclic) bond motifs is 4. The maximum atomic E-state index is 12.7. The van der Waals surface area contributed by atoms with Crippen molar-refractivity contribution < 1.29 is 19.2 Å². The Morgan fingerprint density at radius 2 is 1.97 bits per heavy atom. The Morgan fingerprint density at radius 3 is 2.80 bits per heavy atom. The number of nitrogens with zero attached hydrogens (tertiary/aromatic N) is 2. The molecule has 2 atom stereocenters. The molecule has 0 spiro atoms. The van der Waals surface area contributed by atoms with E-state index in [0.717, 1.165) is 51.4 Å². The first-order chi connectivity index (χ1) is 14.6. The Kier molecular flexibility index (Phi) is 6.84. The van der Waals surface area contributed by atoms with Crippen molar-refractivity contribution in [3.05, 3.63) is 34.2 Å². The fraction of sp³-hybridized carbons (Fsp3) is 0.682. The molecule has 4 heterocycles. The minimum atomic E-state index is -0.0468. The lowest BCUT2D eigenvalue weighted by Gasteiger charge is -2.42. The Hall–Kier alpha value is -2.19. The highest BCUT2D eigenvalue weighted by atomic mass is 16.5. The summed E-state index contributed by atoms with van der Waals surface area (Å²) in [6.07, 6.45) is 2.47. The van der Waals surface area contributed by atoms with Gasteiger partial charge in [-0.05, 0) is 18.4 Å². The first-order valence-electron chi connectivity index (χ1n) is 11.3. The largest absolute Gasteiger partial charge is 0.370 e. The lowest BCUT2D eigenvalue weighted by molar-refractivity contribution is -0.908. The monoisotopic (exact) mass is 417 g/mol. The van der Waals surface area contributed by atoms with Crippen LogP contribution in [0.3, 0.4) is 0 Å². The van der Waals surface area contributed by atoms with E-state index in [9.17, 15) is 14.4 Å². The number of quaternary nitrogens is 1. The van der Waals surface area contributed by atoms with Crippen LogP contribution in [0.1, 0.15) is 37.3 Å². The van der Waals surface area contributed by atoms with E-state index in [1.165, 1.54) is 4.90 Å². The number of hydrogen-bond acceptors (Lipinski definition) is 4. The van der Waals surface area contributed by atoms with Gasteiger partial charge in [0.05, 0.1) is 19.8 Å².